The summed E-state index contributed by atoms with van der Waals surface area (Å²) >= 11 is 0. The average Bonchev–Trinajstić information content (AvgIpc) is 2.85. The van der Waals surface area contributed by atoms with Crippen molar-refractivity contribution in [2.75, 3.05) is 13.2 Å². The van der Waals surface area contributed by atoms with E-state index in [1.165, 1.54) is 0 Å². The van der Waals surface area contributed by atoms with E-state index in [1.54, 1.807) is 6.08 Å². The number of ether oxygens (including phenoxy) is 3. The molecule has 1 saturated heterocycles. The van der Waals surface area contributed by atoms with Crippen LogP contribution < -0.4 is 4.74 Å². The maximum absolute atomic E-state index is 14.8. The number of alkyl halides is 5. The molecule has 1 aliphatic rings. The Morgan fingerprint density at radius 2 is 1.39 bits per heavy atom. The van der Waals surface area contributed by atoms with Crippen LogP contribution >= 0.6 is 0 Å². The van der Waals surface area contributed by atoms with Crippen LogP contribution in [0.4, 0.5) is 43.9 Å². The molecule has 4 rings (SSSR count). The minimum Gasteiger partial charge on any atom is -0.429 e. The van der Waals surface area contributed by atoms with E-state index < -0.39 is 75.7 Å². The Balaban J connectivity index is 1.53. The Hall–Kier alpha value is -3.58. The van der Waals surface area contributed by atoms with E-state index in [-0.39, 0.29) is 35.7 Å². The molecule has 0 N–H and O–H groups in total. The van der Waals surface area contributed by atoms with Crippen molar-refractivity contribution in [1.29, 1.82) is 0 Å². The van der Waals surface area contributed by atoms with Crippen molar-refractivity contribution in [3.63, 3.8) is 0 Å². The summed E-state index contributed by atoms with van der Waals surface area (Å²) in [5.41, 5.74) is -5.65. The molecule has 3 aromatic carbocycles. The number of allylic oxidation sites excluding steroid dienone is 1. The van der Waals surface area contributed by atoms with Crippen LogP contribution in [0, 0.1) is 35.0 Å². The summed E-state index contributed by atoms with van der Waals surface area (Å²) < 4.78 is 155. The molecule has 0 saturated carbocycles. The van der Waals surface area contributed by atoms with Gasteiger partial charge in [0.05, 0.1) is 24.3 Å². The van der Waals surface area contributed by atoms with Crippen LogP contribution in [-0.2, 0) is 21.8 Å². The second-order valence-corrected chi connectivity index (χ2v) is 9.16. The van der Waals surface area contributed by atoms with Crippen LogP contribution in [0.5, 0.6) is 5.75 Å². The monoisotopic (exact) mass is 594 g/mol. The molecule has 1 aliphatic heterocycles. The van der Waals surface area contributed by atoms with E-state index in [9.17, 15) is 43.9 Å². The smallest absolute Gasteiger partial charge is 0.429 e. The lowest BCUT2D eigenvalue weighted by atomic mass is 10.0. The lowest BCUT2D eigenvalue weighted by Crippen LogP contribution is -2.27. The number of hydrogen-bond donors (Lipinski definition) is 0. The van der Waals surface area contributed by atoms with Crippen LogP contribution in [0.25, 0.3) is 11.1 Å². The number of halogens is 10. The van der Waals surface area contributed by atoms with Crippen molar-refractivity contribution in [2.45, 2.75) is 31.4 Å². The first kappa shape index (κ1) is 30.4. The zero-order valence-corrected chi connectivity index (χ0v) is 20.8. The average molecular weight is 594 g/mol. The van der Waals surface area contributed by atoms with Crippen molar-refractivity contribution < 1.29 is 58.1 Å². The van der Waals surface area contributed by atoms with E-state index in [1.807, 2.05) is 0 Å². The number of rotatable bonds is 8. The molecule has 0 amide bonds. The van der Waals surface area contributed by atoms with Gasteiger partial charge >= 0.3 is 12.3 Å². The third-order valence-corrected chi connectivity index (χ3v) is 6.20. The van der Waals surface area contributed by atoms with Gasteiger partial charge in [-0.05, 0) is 42.7 Å². The number of hydrogen-bond acceptors (Lipinski definition) is 3. The molecule has 0 bridgehead atoms. The Morgan fingerprint density at radius 1 is 0.805 bits per heavy atom. The molecule has 220 valence electrons. The highest BCUT2D eigenvalue weighted by atomic mass is 19.4. The molecule has 1 fully saturated rings. The summed E-state index contributed by atoms with van der Waals surface area (Å²) in [6.07, 6.45) is -7.66. The zero-order valence-electron chi connectivity index (χ0n) is 20.8. The fourth-order valence-electron chi connectivity index (χ4n) is 4.25. The lowest BCUT2D eigenvalue weighted by Gasteiger charge is -2.29. The van der Waals surface area contributed by atoms with Gasteiger partial charge in [-0.3, -0.25) is 0 Å². The van der Waals surface area contributed by atoms with Gasteiger partial charge in [0, 0.05) is 23.6 Å². The zero-order chi connectivity index (χ0) is 30.1. The molecule has 0 radical (unpaired) electrons. The molecular formula is C28H20F10O3. The first-order chi connectivity index (χ1) is 19.2. The van der Waals surface area contributed by atoms with Crippen LogP contribution in [0.2, 0.25) is 0 Å². The van der Waals surface area contributed by atoms with E-state index in [0.29, 0.717) is 19.3 Å². The van der Waals surface area contributed by atoms with E-state index in [0.717, 1.165) is 25.0 Å². The van der Waals surface area contributed by atoms with Crippen LogP contribution in [0.15, 0.2) is 55.1 Å². The summed E-state index contributed by atoms with van der Waals surface area (Å²) in [6.45, 7) is 4.21. The number of benzene rings is 3. The third-order valence-electron chi connectivity index (χ3n) is 6.20. The molecule has 3 aromatic rings. The Kier molecular flexibility index (Phi) is 8.69. The first-order valence-corrected chi connectivity index (χ1v) is 12.0. The molecule has 3 nitrogen and oxygen atoms in total. The van der Waals surface area contributed by atoms with Gasteiger partial charge in [0.15, 0.2) is 6.29 Å². The van der Waals surface area contributed by atoms with Gasteiger partial charge in [-0.15, -0.1) is 6.58 Å². The Bertz CT molecular complexity index is 1380. The predicted octanol–water partition coefficient (Wildman–Crippen LogP) is 8.82. The van der Waals surface area contributed by atoms with Gasteiger partial charge in [0.2, 0.25) is 0 Å². The van der Waals surface area contributed by atoms with Crippen LogP contribution in [0.1, 0.15) is 35.8 Å². The largest absolute Gasteiger partial charge is 0.429 e. The maximum atomic E-state index is 14.8. The fourth-order valence-corrected chi connectivity index (χ4v) is 4.25. The Labute approximate surface area is 226 Å². The van der Waals surface area contributed by atoms with Gasteiger partial charge in [-0.1, -0.05) is 12.1 Å². The standard InChI is InChI=1S/C28H20F10O3/c1-2-3-4-14-12-39-26(40-13-14)15-5-6-18(19(29)7-15)28(37,38)41-17-10-20(30)24(21(31)11-17)16-8-22(32)25(23(33)9-16)27(34,35)36/h2,5-11,14,26H,1,3-4,12-13H2. The molecule has 0 spiro atoms. The normalized spacial score (nSPS) is 17.9. The highest BCUT2D eigenvalue weighted by Crippen LogP contribution is 2.40. The Morgan fingerprint density at radius 3 is 1.90 bits per heavy atom. The van der Waals surface area contributed by atoms with Gasteiger partial charge in [0.25, 0.3) is 0 Å². The molecule has 0 aliphatic carbocycles. The second-order valence-electron chi connectivity index (χ2n) is 9.16. The molecule has 13 heteroatoms. The SMILES string of the molecule is C=CCCC1COC(c2ccc(C(F)(F)Oc3cc(F)c(-c4cc(F)c(C(F)(F)F)c(F)c4)c(F)c3)c(F)c2)OC1. The third kappa shape index (κ3) is 6.67. The second kappa shape index (κ2) is 11.7. The van der Waals surface area contributed by atoms with E-state index in [2.05, 4.69) is 11.3 Å². The van der Waals surface area contributed by atoms with Crippen molar-refractivity contribution in [3.05, 3.63) is 101 Å². The van der Waals surface area contributed by atoms with Gasteiger partial charge < -0.3 is 14.2 Å². The van der Waals surface area contributed by atoms with Crippen molar-refractivity contribution in [3.8, 4) is 16.9 Å². The minimum atomic E-state index is -5.43. The lowest BCUT2D eigenvalue weighted by molar-refractivity contribution is -0.206. The van der Waals surface area contributed by atoms with Gasteiger partial charge in [-0.2, -0.15) is 22.0 Å². The van der Waals surface area contributed by atoms with Gasteiger partial charge in [0.1, 0.15) is 40.4 Å². The van der Waals surface area contributed by atoms with Crippen LogP contribution in [0.3, 0.4) is 0 Å². The molecular weight excluding hydrogens is 574 g/mol. The summed E-state index contributed by atoms with van der Waals surface area (Å²) in [5, 5.41) is 0. The topological polar surface area (TPSA) is 27.7 Å². The summed E-state index contributed by atoms with van der Waals surface area (Å²) in [4.78, 5) is 0. The predicted molar refractivity (Wildman–Crippen MR) is 125 cm³/mol. The molecule has 1 heterocycles. The van der Waals surface area contributed by atoms with E-state index in [4.69, 9.17) is 9.47 Å². The maximum Gasteiger partial charge on any atom is 0.429 e. The molecule has 0 atom stereocenters. The highest BCUT2D eigenvalue weighted by molar-refractivity contribution is 5.66. The van der Waals surface area contributed by atoms with Gasteiger partial charge in [-0.25, -0.2) is 22.0 Å². The van der Waals surface area contributed by atoms with Crippen molar-refractivity contribution in [2.24, 2.45) is 5.92 Å². The molecule has 0 unspecified atom stereocenters. The highest BCUT2D eigenvalue weighted by Gasteiger charge is 2.40. The van der Waals surface area contributed by atoms with E-state index >= 15 is 0 Å². The molecule has 41 heavy (non-hydrogen) atoms. The fraction of sp³-hybridized carbons (Fsp3) is 0.286. The quantitative estimate of drug-likeness (QED) is 0.193. The summed E-state index contributed by atoms with van der Waals surface area (Å²) in [7, 11) is 0. The first-order valence-electron chi connectivity index (χ1n) is 12.0. The minimum absolute atomic E-state index is 0.0423. The van der Waals surface area contributed by atoms with Crippen molar-refractivity contribution >= 4 is 0 Å². The van der Waals surface area contributed by atoms with Crippen LogP contribution in [-0.4, -0.2) is 13.2 Å². The summed E-state index contributed by atoms with van der Waals surface area (Å²) in [5.74, 6) is -10.2. The summed E-state index contributed by atoms with van der Waals surface area (Å²) in [6, 6.07) is 3.01. The molecule has 0 aromatic heterocycles. The van der Waals surface area contributed by atoms with Crippen molar-refractivity contribution in [1.82, 2.24) is 0 Å².